The fraction of sp³-hybridized carbons (Fsp3) is 0. The van der Waals surface area contributed by atoms with E-state index in [4.69, 9.17) is 5.41 Å². The molecule has 0 amide bonds. The van der Waals surface area contributed by atoms with Gasteiger partial charge in [-0.3, -0.25) is 5.41 Å². The van der Waals surface area contributed by atoms with Crippen LogP contribution in [-0.2, 0) is 19.5 Å². The summed E-state index contributed by atoms with van der Waals surface area (Å²) in [5.41, 5.74) is 5.85. The van der Waals surface area contributed by atoms with E-state index in [0.29, 0.717) is 5.71 Å². The molecule has 5 rings (SSSR count). The minimum Gasteiger partial charge on any atom is -0.355 e. The zero-order valence-electron chi connectivity index (χ0n) is 13.7. The molecule has 0 saturated heterocycles. The van der Waals surface area contributed by atoms with Gasteiger partial charge in [-0.15, -0.1) is 0 Å². The number of nitrogens with one attached hydrogen (secondary N) is 4. The Hall–Kier alpha value is -2.98. The van der Waals surface area contributed by atoms with Crippen LogP contribution >= 0.6 is 0 Å². The van der Waals surface area contributed by atoms with Gasteiger partial charge in [0.15, 0.2) is 0 Å². The van der Waals surface area contributed by atoms with Gasteiger partial charge < -0.3 is 15.3 Å². The van der Waals surface area contributed by atoms with Crippen molar-refractivity contribution in [3.8, 4) is 0 Å². The summed E-state index contributed by atoms with van der Waals surface area (Å²) in [6.07, 6.45) is 13.7. The number of nitrogens with zero attached hydrogens (tertiary/aromatic N) is 1. The first-order valence-corrected chi connectivity index (χ1v) is 8.07. The zero-order valence-corrected chi connectivity index (χ0v) is 15.4. The Bertz CT molecular complexity index is 1180. The summed E-state index contributed by atoms with van der Waals surface area (Å²) in [7, 11) is 0. The Morgan fingerprint density at radius 2 is 1.54 bits per heavy atom. The molecule has 5 heterocycles. The van der Waals surface area contributed by atoms with E-state index >= 15 is 0 Å². The number of H-pyrrole nitrogens is 2. The first-order valence-electron chi connectivity index (χ1n) is 8.07. The zero-order chi connectivity index (χ0) is 16.8. The number of aromatic nitrogens is 2. The van der Waals surface area contributed by atoms with Crippen LogP contribution < -0.4 is 16.0 Å². The molecule has 0 saturated carbocycles. The van der Waals surface area contributed by atoms with Crippen molar-refractivity contribution in [2.75, 3.05) is 0 Å². The van der Waals surface area contributed by atoms with Crippen LogP contribution in [-0.4, -0.2) is 21.4 Å². The van der Waals surface area contributed by atoms with E-state index in [2.05, 4.69) is 26.4 Å². The third kappa shape index (κ3) is 3.11. The fourth-order valence-corrected chi connectivity index (χ4v) is 3.08. The van der Waals surface area contributed by atoms with Gasteiger partial charge in [0, 0.05) is 47.3 Å². The van der Waals surface area contributed by atoms with Crippen LogP contribution in [0.3, 0.4) is 0 Å². The molecule has 4 N–H and O–H groups in total. The van der Waals surface area contributed by atoms with Crippen molar-refractivity contribution in [2.24, 2.45) is 4.99 Å². The molecule has 2 aromatic heterocycles. The quantitative estimate of drug-likeness (QED) is 0.476. The third-order valence-corrected chi connectivity index (χ3v) is 4.23. The van der Waals surface area contributed by atoms with Crippen LogP contribution in [0.2, 0.25) is 0 Å². The summed E-state index contributed by atoms with van der Waals surface area (Å²) >= 11 is 0. The van der Waals surface area contributed by atoms with Gasteiger partial charge in [0.2, 0.25) is 0 Å². The molecule has 3 aliphatic heterocycles. The molecule has 3 aliphatic rings. The summed E-state index contributed by atoms with van der Waals surface area (Å²) in [6, 6.07) is 8.15. The second-order valence-electron chi connectivity index (χ2n) is 6.16. The van der Waals surface area contributed by atoms with Gasteiger partial charge in [-0.05, 0) is 66.8 Å². The molecule has 0 radical (unpaired) electrons. The van der Waals surface area contributed by atoms with Gasteiger partial charge in [-0.2, -0.15) is 0 Å². The van der Waals surface area contributed by atoms with Crippen molar-refractivity contribution in [1.82, 2.24) is 15.3 Å². The second kappa shape index (κ2) is 6.39. The number of fused-ring (bicyclic) bond motifs is 7. The van der Waals surface area contributed by atoms with Crippen molar-refractivity contribution in [1.29, 1.82) is 5.41 Å². The average molecular weight is 426 g/mol. The molecule has 0 atom stereocenters. The van der Waals surface area contributed by atoms with E-state index in [0.717, 1.165) is 44.9 Å². The van der Waals surface area contributed by atoms with E-state index in [1.165, 1.54) is 0 Å². The number of aromatic amines is 2. The maximum Gasteiger partial charge on any atom is 0.0796 e. The Morgan fingerprint density at radius 3 is 2.38 bits per heavy atom. The summed E-state index contributed by atoms with van der Waals surface area (Å²) < 4.78 is 0. The van der Waals surface area contributed by atoms with Gasteiger partial charge in [0.1, 0.15) is 0 Å². The SMILES string of the molecule is N=C1C=C2C=c3ccc([nH]3)=Cc3ccc([nH]3)C=C3C=CC(=N3)C=C1N2.[Ru]. The smallest absolute Gasteiger partial charge is 0.0796 e. The Labute approximate surface area is 162 Å². The Morgan fingerprint density at radius 1 is 0.769 bits per heavy atom. The van der Waals surface area contributed by atoms with Crippen LogP contribution in [0, 0.1) is 5.41 Å². The number of allylic oxidation sites excluding steroid dienone is 5. The molecular formula is C20H15N5Ru. The topological polar surface area (TPSA) is 79.8 Å². The van der Waals surface area contributed by atoms with Gasteiger partial charge >= 0.3 is 0 Å². The molecule has 0 unspecified atom stereocenters. The molecule has 8 bridgehead atoms. The largest absolute Gasteiger partial charge is 0.355 e. The van der Waals surface area contributed by atoms with Crippen molar-refractivity contribution >= 4 is 29.7 Å². The molecule has 6 heteroatoms. The molecule has 2 aromatic rings. The fourth-order valence-electron chi connectivity index (χ4n) is 3.08. The van der Waals surface area contributed by atoms with Gasteiger partial charge in [-0.1, -0.05) is 0 Å². The van der Waals surface area contributed by atoms with Gasteiger partial charge in [0.05, 0.1) is 22.8 Å². The van der Waals surface area contributed by atoms with Crippen LogP contribution in [0.4, 0.5) is 0 Å². The number of hydrogen-bond donors (Lipinski definition) is 4. The minimum atomic E-state index is 0. The maximum absolute atomic E-state index is 8.15. The molecule has 0 fully saturated rings. The van der Waals surface area contributed by atoms with E-state index in [9.17, 15) is 0 Å². The molecule has 5 nitrogen and oxygen atoms in total. The van der Waals surface area contributed by atoms with Crippen molar-refractivity contribution in [2.45, 2.75) is 0 Å². The summed E-state index contributed by atoms with van der Waals surface area (Å²) in [4.78, 5) is 11.3. The molecular weight excluding hydrogens is 411 g/mol. The first kappa shape index (κ1) is 16.5. The number of rotatable bonds is 0. The van der Waals surface area contributed by atoms with Crippen molar-refractivity contribution in [3.05, 3.63) is 87.7 Å². The van der Waals surface area contributed by atoms with Crippen LogP contribution in [0.15, 0.2) is 70.7 Å². The first-order chi connectivity index (χ1) is 12.2. The normalized spacial score (nSPS) is 17.2. The standard InChI is InChI=1S/C20H15N5.Ru/c21-19-10-18-9-16-4-3-14(23-16)7-12-1-2-13(22-12)8-15-5-6-17(24-15)11-20(19)25-18;/h1-11,21-23,25H;. The molecule has 0 spiro atoms. The van der Waals surface area contributed by atoms with Gasteiger partial charge in [-0.25, -0.2) is 4.99 Å². The summed E-state index contributed by atoms with van der Waals surface area (Å²) in [5.74, 6) is 0. The van der Waals surface area contributed by atoms with Crippen LogP contribution in [0.25, 0.3) is 18.2 Å². The van der Waals surface area contributed by atoms with E-state index in [1.807, 2.05) is 60.7 Å². The van der Waals surface area contributed by atoms with Crippen LogP contribution in [0.5, 0.6) is 0 Å². The number of hydrogen-bond acceptors (Lipinski definition) is 3. The van der Waals surface area contributed by atoms with E-state index in [-0.39, 0.29) is 19.5 Å². The summed E-state index contributed by atoms with van der Waals surface area (Å²) in [6.45, 7) is 0. The van der Waals surface area contributed by atoms with Crippen LogP contribution in [0.1, 0.15) is 11.4 Å². The van der Waals surface area contributed by atoms with E-state index < -0.39 is 0 Å². The minimum absolute atomic E-state index is 0. The van der Waals surface area contributed by atoms with Gasteiger partial charge in [0.25, 0.3) is 0 Å². The predicted octanol–water partition coefficient (Wildman–Crippen LogP) is 1.71. The summed E-state index contributed by atoms with van der Waals surface area (Å²) in [5, 5.41) is 13.4. The Balaban J connectivity index is 0.00000168. The second-order valence-corrected chi connectivity index (χ2v) is 6.16. The molecule has 26 heavy (non-hydrogen) atoms. The predicted molar refractivity (Wildman–Crippen MR) is 100 cm³/mol. The van der Waals surface area contributed by atoms with E-state index in [1.54, 1.807) is 0 Å². The Kier molecular flexibility index (Phi) is 4.05. The monoisotopic (exact) mass is 427 g/mol. The maximum atomic E-state index is 8.15. The molecule has 128 valence electrons. The number of aliphatic imine (C=N–C) groups is 1. The van der Waals surface area contributed by atoms with Crippen molar-refractivity contribution in [3.63, 3.8) is 0 Å². The molecule has 0 aliphatic carbocycles. The average Bonchev–Trinajstić information content (AvgIpc) is 3.33. The molecule has 0 aromatic carbocycles. The third-order valence-electron chi connectivity index (χ3n) is 4.23. The van der Waals surface area contributed by atoms with Crippen molar-refractivity contribution < 1.29 is 19.5 Å².